The van der Waals surface area contributed by atoms with Gasteiger partial charge in [0.15, 0.2) is 17.4 Å². The molecule has 0 unspecified atom stereocenters. The van der Waals surface area contributed by atoms with Crippen LogP contribution < -0.4 is 0 Å². The number of aliphatic hydroxyl groups is 2. The fourth-order valence-electron chi connectivity index (χ4n) is 3.85. The maximum Gasteiger partial charge on any atom is 0.242 e. The molecule has 1 aliphatic rings. The van der Waals surface area contributed by atoms with Gasteiger partial charge in [-0.25, -0.2) is 14.4 Å². The van der Waals surface area contributed by atoms with Crippen molar-refractivity contribution in [2.45, 2.75) is 31.1 Å². The maximum absolute atomic E-state index is 13.4. The first-order chi connectivity index (χ1) is 16.0. The van der Waals surface area contributed by atoms with Crippen molar-refractivity contribution < 1.29 is 29.2 Å². The number of aromatic nitrogens is 5. The molecule has 170 valence electrons. The van der Waals surface area contributed by atoms with E-state index in [1.54, 1.807) is 6.20 Å². The highest BCUT2D eigenvalue weighted by Gasteiger charge is 2.46. The molecule has 3 N–H and O–H groups in total. The molecule has 0 spiro atoms. The van der Waals surface area contributed by atoms with Crippen LogP contribution in [0.15, 0.2) is 55.4 Å². The number of hydrogen-bond acceptors (Lipinski definition) is 9. The van der Waals surface area contributed by atoms with Crippen molar-refractivity contribution in [1.82, 2.24) is 24.5 Å². The number of nitrogens with zero attached hydrogens (tertiary/aromatic N) is 5. The van der Waals surface area contributed by atoms with E-state index in [0.29, 0.717) is 11.2 Å². The van der Waals surface area contributed by atoms with Crippen LogP contribution in [0.1, 0.15) is 11.8 Å². The Morgan fingerprint density at radius 3 is 2.67 bits per heavy atom. The predicted molar refractivity (Wildman–Crippen MR) is 112 cm³/mol. The summed E-state index contributed by atoms with van der Waals surface area (Å²) < 4.78 is 26.8. The number of benzene rings is 1. The zero-order valence-corrected chi connectivity index (χ0v) is 17.2. The summed E-state index contributed by atoms with van der Waals surface area (Å²) in [6.45, 7) is -0.255. The molecule has 1 fully saturated rings. The molecule has 0 radical (unpaired) electrons. The summed E-state index contributed by atoms with van der Waals surface area (Å²) in [4.78, 5) is 15.8. The van der Waals surface area contributed by atoms with Gasteiger partial charge in [0.1, 0.15) is 30.5 Å². The summed E-state index contributed by atoms with van der Waals surface area (Å²) in [6, 6.07) is 8.72. The summed E-state index contributed by atoms with van der Waals surface area (Å²) >= 11 is 0. The number of ether oxygens (including phenoxy) is 2. The molecule has 0 amide bonds. The number of fused-ring (bicyclic) bond motifs is 1. The van der Waals surface area contributed by atoms with Gasteiger partial charge in [-0.05, 0) is 17.2 Å². The largest absolute Gasteiger partial charge is 0.492 e. The maximum atomic E-state index is 13.4. The van der Waals surface area contributed by atoms with E-state index in [9.17, 15) is 19.7 Å². The number of aromatic hydroxyl groups is 1. The fraction of sp³-hybridized carbons (Fsp3) is 0.273. The van der Waals surface area contributed by atoms with Crippen LogP contribution in [-0.4, -0.2) is 64.7 Å². The van der Waals surface area contributed by atoms with Crippen molar-refractivity contribution in [2.75, 3.05) is 6.61 Å². The van der Waals surface area contributed by atoms with Gasteiger partial charge in [0, 0.05) is 11.8 Å². The van der Waals surface area contributed by atoms with E-state index in [4.69, 9.17) is 9.47 Å². The van der Waals surface area contributed by atoms with Crippen LogP contribution in [0.4, 0.5) is 4.39 Å². The Morgan fingerprint density at radius 1 is 1.09 bits per heavy atom. The lowest BCUT2D eigenvalue weighted by molar-refractivity contribution is -0.0761. The van der Waals surface area contributed by atoms with Gasteiger partial charge < -0.3 is 24.8 Å². The second-order valence-corrected chi connectivity index (χ2v) is 7.62. The molecule has 33 heavy (non-hydrogen) atoms. The first kappa shape index (κ1) is 21.3. The molecule has 0 aliphatic carbocycles. The predicted octanol–water partition coefficient (Wildman–Crippen LogP) is 1.57. The van der Waals surface area contributed by atoms with Crippen LogP contribution in [0.2, 0.25) is 0 Å². The lowest BCUT2D eigenvalue weighted by Crippen LogP contribution is -2.35. The Labute approximate surface area is 186 Å². The van der Waals surface area contributed by atoms with E-state index in [1.165, 1.54) is 23.3 Å². The van der Waals surface area contributed by atoms with Crippen molar-refractivity contribution in [3.63, 3.8) is 0 Å². The zero-order chi connectivity index (χ0) is 22.9. The molecule has 1 saturated heterocycles. The highest BCUT2D eigenvalue weighted by molar-refractivity contribution is 5.75. The van der Waals surface area contributed by atoms with Gasteiger partial charge in [-0.2, -0.15) is 4.98 Å². The van der Waals surface area contributed by atoms with Crippen molar-refractivity contribution >= 4 is 11.2 Å². The number of pyridine rings is 1. The Morgan fingerprint density at radius 2 is 1.91 bits per heavy atom. The topological polar surface area (TPSA) is 136 Å². The van der Waals surface area contributed by atoms with Gasteiger partial charge in [-0.15, -0.1) is 0 Å². The SMILES string of the molecule is OC[C@H]1O[C@@H](n2cnc3c(O)ncnc32)[C@H](OCc2ccc(-c3cncc(F)c3)cc2)[C@@H]1O. The Kier molecular flexibility index (Phi) is 5.68. The average molecular weight is 453 g/mol. The van der Waals surface area contributed by atoms with E-state index in [2.05, 4.69) is 19.9 Å². The van der Waals surface area contributed by atoms with Gasteiger partial charge in [0.25, 0.3) is 0 Å². The van der Waals surface area contributed by atoms with Gasteiger partial charge in [-0.3, -0.25) is 9.55 Å². The summed E-state index contributed by atoms with van der Waals surface area (Å²) in [5.74, 6) is -0.688. The molecule has 10 nitrogen and oxygen atoms in total. The molecule has 0 bridgehead atoms. The number of rotatable bonds is 6. The molecule has 11 heteroatoms. The van der Waals surface area contributed by atoms with Crippen molar-refractivity contribution in [3.8, 4) is 17.0 Å². The Hall–Kier alpha value is -3.51. The lowest BCUT2D eigenvalue weighted by Gasteiger charge is -2.22. The highest BCUT2D eigenvalue weighted by Crippen LogP contribution is 2.35. The van der Waals surface area contributed by atoms with Crippen LogP contribution in [0, 0.1) is 5.82 Å². The minimum absolute atomic E-state index is 0.147. The molecule has 1 aliphatic heterocycles. The monoisotopic (exact) mass is 453 g/mol. The normalized spacial score (nSPS) is 22.8. The summed E-state index contributed by atoms with van der Waals surface area (Å²) in [5.41, 5.74) is 2.77. The van der Waals surface area contributed by atoms with Crippen LogP contribution in [-0.2, 0) is 16.1 Å². The lowest BCUT2D eigenvalue weighted by atomic mass is 10.1. The number of aliphatic hydroxyl groups excluding tert-OH is 2. The summed E-state index contributed by atoms with van der Waals surface area (Å²) in [5, 5.41) is 30.2. The fourth-order valence-corrected chi connectivity index (χ4v) is 3.85. The van der Waals surface area contributed by atoms with Gasteiger partial charge in [0.2, 0.25) is 5.88 Å². The van der Waals surface area contributed by atoms with Crippen LogP contribution in [0.25, 0.3) is 22.3 Å². The van der Waals surface area contributed by atoms with Crippen molar-refractivity contribution in [1.29, 1.82) is 0 Å². The van der Waals surface area contributed by atoms with Crippen molar-refractivity contribution in [3.05, 3.63) is 66.8 Å². The third-order valence-electron chi connectivity index (χ3n) is 5.54. The number of halogens is 1. The van der Waals surface area contributed by atoms with E-state index >= 15 is 0 Å². The van der Waals surface area contributed by atoms with E-state index in [1.807, 2.05) is 24.3 Å². The minimum Gasteiger partial charge on any atom is -0.492 e. The number of hydrogen-bond donors (Lipinski definition) is 3. The first-order valence-corrected chi connectivity index (χ1v) is 10.2. The third kappa shape index (κ3) is 4.02. The van der Waals surface area contributed by atoms with E-state index < -0.39 is 37.0 Å². The second-order valence-electron chi connectivity index (χ2n) is 7.62. The smallest absolute Gasteiger partial charge is 0.242 e. The second kappa shape index (κ2) is 8.79. The average Bonchev–Trinajstić information content (AvgIpc) is 3.39. The summed E-state index contributed by atoms with van der Waals surface area (Å²) in [6.07, 6.45) is 1.68. The molecule has 3 aromatic heterocycles. The Balaban J connectivity index is 1.36. The highest BCUT2D eigenvalue weighted by atomic mass is 19.1. The van der Waals surface area contributed by atoms with Crippen molar-refractivity contribution in [2.24, 2.45) is 0 Å². The van der Waals surface area contributed by atoms with Gasteiger partial charge in [0.05, 0.1) is 25.7 Å². The molecular formula is C22H20FN5O5. The van der Waals surface area contributed by atoms with Gasteiger partial charge >= 0.3 is 0 Å². The molecule has 4 atom stereocenters. The van der Waals surface area contributed by atoms with Crippen LogP contribution >= 0.6 is 0 Å². The quantitative estimate of drug-likeness (QED) is 0.397. The molecule has 1 aromatic carbocycles. The Bertz CT molecular complexity index is 1270. The minimum atomic E-state index is -1.11. The number of imidazole rings is 1. The molecule has 4 aromatic rings. The molecule has 5 rings (SSSR count). The molecule has 0 saturated carbocycles. The van der Waals surface area contributed by atoms with E-state index in [-0.39, 0.29) is 18.0 Å². The summed E-state index contributed by atoms with van der Waals surface area (Å²) in [7, 11) is 0. The zero-order valence-electron chi connectivity index (χ0n) is 17.2. The first-order valence-electron chi connectivity index (χ1n) is 10.2. The standard InChI is InChI=1S/C22H20FN5O5/c23-15-5-14(6-24-7-15)13-3-1-12(2-4-13)9-32-19-18(30)16(8-29)33-22(19)28-11-27-17-20(28)25-10-26-21(17)31/h1-7,10-11,16,18-19,22,29-30H,8-9H2,(H,25,26,31)/t16-,18-,19-,22-/m1/s1. The molecule has 4 heterocycles. The van der Waals surface area contributed by atoms with Crippen LogP contribution in [0.3, 0.4) is 0 Å². The van der Waals surface area contributed by atoms with E-state index in [0.717, 1.165) is 17.3 Å². The van der Waals surface area contributed by atoms with Gasteiger partial charge in [-0.1, -0.05) is 24.3 Å². The van der Waals surface area contributed by atoms with Crippen LogP contribution in [0.5, 0.6) is 5.88 Å². The third-order valence-corrected chi connectivity index (χ3v) is 5.54. The molecular weight excluding hydrogens is 433 g/mol.